The second-order valence-electron chi connectivity index (χ2n) is 1.76. The predicted molar refractivity (Wildman–Crippen MR) is 37.9 cm³/mol. The van der Waals surface area contributed by atoms with E-state index >= 15 is 0 Å². The Morgan fingerprint density at radius 2 is 2.64 bits per heavy atom. The Kier molecular flexibility index (Phi) is 1.93. The van der Waals surface area contributed by atoms with Crippen molar-refractivity contribution in [1.29, 1.82) is 0 Å². The average Bonchev–Trinajstić information content (AvgIpc) is 2.50. The van der Waals surface area contributed by atoms with Crippen molar-refractivity contribution in [1.82, 2.24) is 9.97 Å². The minimum absolute atomic E-state index is 0.148. The van der Waals surface area contributed by atoms with Crippen LogP contribution in [-0.2, 0) is 4.74 Å². The molecule has 4 heteroatoms. The second-order valence-corrected chi connectivity index (χ2v) is 1.76. The van der Waals surface area contributed by atoms with Crippen molar-refractivity contribution in [3.05, 3.63) is 17.7 Å². The fourth-order valence-electron chi connectivity index (χ4n) is 0.656. The molecule has 1 N–H and O–H groups in total. The van der Waals surface area contributed by atoms with Crippen LogP contribution in [0.3, 0.4) is 0 Å². The maximum atomic E-state index is 10.9. The first-order valence-corrected chi connectivity index (χ1v) is 2.88. The number of carbonyl (C=O) groups excluding carboxylic acids is 1. The summed E-state index contributed by atoms with van der Waals surface area (Å²) in [7, 11) is 1.28. The predicted octanol–water partition coefficient (Wildman–Crippen LogP) is 0.178. The lowest BCUT2D eigenvalue weighted by molar-refractivity contribution is 0.0594. The van der Waals surface area contributed by atoms with Gasteiger partial charge in [-0.2, -0.15) is 0 Å². The van der Waals surface area contributed by atoms with E-state index in [0.717, 1.165) is 0 Å². The Morgan fingerprint density at radius 1 is 1.91 bits per heavy atom. The summed E-state index contributed by atoms with van der Waals surface area (Å²) < 4.78 is 4.42. The molecule has 0 saturated heterocycles. The quantitative estimate of drug-likeness (QED) is 0.459. The van der Waals surface area contributed by atoms with E-state index in [1.54, 1.807) is 0 Å². The number of ether oxygens (including phenoxy) is 1. The highest BCUT2D eigenvalue weighted by Crippen LogP contribution is 2.01. The molecule has 0 fully saturated rings. The normalized spacial score (nSPS) is 8.73. The summed E-state index contributed by atoms with van der Waals surface area (Å²) in [5, 5.41) is 0. The number of nitrogens with zero attached hydrogens (tertiary/aromatic N) is 1. The molecule has 0 amide bonds. The zero-order chi connectivity index (χ0) is 8.27. The van der Waals surface area contributed by atoms with E-state index in [2.05, 4.69) is 20.6 Å². The van der Waals surface area contributed by atoms with Gasteiger partial charge < -0.3 is 9.72 Å². The largest absolute Gasteiger partial charge is 0.464 e. The fraction of sp³-hybridized carbons (Fsp3) is 0.143. The SMILES string of the molecule is C#Cc1[nH]cnc1C(=O)OC. The van der Waals surface area contributed by atoms with E-state index in [4.69, 9.17) is 6.42 Å². The number of hydrogen-bond donors (Lipinski definition) is 1. The molecule has 0 atom stereocenters. The van der Waals surface area contributed by atoms with Crippen molar-refractivity contribution in [3.63, 3.8) is 0 Å². The van der Waals surface area contributed by atoms with Crippen LogP contribution in [0.15, 0.2) is 6.33 Å². The standard InChI is InChI=1S/C7H6N2O2/c1-3-5-6(7(10)11-2)9-4-8-5/h1,4H,2H3,(H,8,9). The van der Waals surface area contributed by atoms with Crippen molar-refractivity contribution >= 4 is 5.97 Å². The third kappa shape index (κ3) is 1.22. The van der Waals surface area contributed by atoms with Gasteiger partial charge in [-0.05, 0) is 5.92 Å². The number of H-pyrrole nitrogens is 1. The Hall–Kier alpha value is -1.76. The summed E-state index contributed by atoms with van der Waals surface area (Å²) in [6.07, 6.45) is 6.41. The molecule has 0 saturated carbocycles. The van der Waals surface area contributed by atoms with Crippen molar-refractivity contribution in [3.8, 4) is 12.3 Å². The third-order valence-corrected chi connectivity index (χ3v) is 1.16. The molecule has 56 valence electrons. The topological polar surface area (TPSA) is 55.0 Å². The van der Waals surface area contributed by atoms with Gasteiger partial charge in [-0.15, -0.1) is 6.42 Å². The summed E-state index contributed by atoms with van der Waals surface area (Å²) in [5.74, 6) is 1.74. The molecule has 1 aromatic heterocycles. The Balaban J connectivity index is 3.05. The van der Waals surface area contributed by atoms with E-state index in [1.165, 1.54) is 13.4 Å². The number of methoxy groups -OCH3 is 1. The maximum absolute atomic E-state index is 10.9. The van der Waals surface area contributed by atoms with Crippen LogP contribution in [0.25, 0.3) is 0 Å². The van der Waals surface area contributed by atoms with E-state index in [1.807, 2.05) is 0 Å². The van der Waals surface area contributed by atoms with E-state index in [9.17, 15) is 4.79 Å². The van der Waals surface area contributed by atoms with Gasteiger partial charge in [-0.1, -0.05) is 0 Å². The average molecular weight is 150 g/mol. The van der Waals surface area contributed by atoms with Gasteiger partial charge in [-0.25, -0.2) is 9.78 Å². The van der Waals surface area contributed by atoms with Crippen molar-refractivity contribution < 1.29 is 9.53 Å². The summed E-state index contributed by atoms with van der Waals surface area (Å²) in [6.45, 7) is 0. The highest BCUT2D eigenvalue weighted by Gasteiger charge is 2.12. The molecule has 1 aromatic rings. The van der Waals surface area contributed by atoms with Gasteiger partial charge in [-0.3, -0.25) is 0 Å². The van der Waals surface area contributed by atoms with Crippen molar-refractivity contribution in [2.75, 3.05) is 7.11 Å². The highest BCUT2D eigenvalue weighted by atomic mass is 16.5. The zero-order valence-corrected chi connectivity index (χ0v) is 5.92. The first-order chi connectivity index (χ1) is 5.29. The van der Waals surface area contributed by atoms with Crippen LogP contribution in [-0.4, -0.2) is 23.0 Å². The fourth-order valence-corrected chi connectivity index (χ4v) is 0.656. The molecule has 1 rings (SSSR count). The molecule has 11 heavy (non-hydrogen) atoms. The van der Waals surface area contributed by atoms with Crippen LogP contribution in [0, 0.1) is 12.3 Å². The lowest BCUT2D eigenvalue weighted by Crippen LogP contribution is -2.03. The van der Waals surface area contributed by atoms with Crippen LogP contribution in [0.5, 0.6) is 0 Å². The number of esters is 1. The molecule has 0 aliphatic carbocycles. The smallest absolute Gasteiger partial charge is 0.359 e. The van der Waals surface area contributed by atoms with Crippen LogP contribution in [0.4, 0.5) is 0 Å². The second kappa shape index (κ2) is 2.88. The first-order valence-electron chi connectivity index (χ1n) is 2.88. The minimum atomic E-state index is -0.529. The number of hydrogen-bond acceptors (Lipinski definition) is 3. The lowest BCUT2D eigenvalue weighted by atomic mass is 10.3. The van der Waals surface area contributed by atoms with Gasteiger partial charge in [0, 0.05) is 0 Å². The van der Waals surface area contributed by atoms with Crippen LogP contribution in [0.1, 0.15) is 16.2 Å². The van der Waals surface area contributed by atoms with E-state index < -0.39 is 5.97 Å². The van der Waals surface area contributed by atoms with E-state index in [-0.39, 0.29) is 5.69 Å². The molecule has 0 aliphatic rings. The monoisotopic (exact) mass is 150 g/mol. The molecule has 0 aromatic carbocycles. The minimum Gasteiger partial charge on any atom is -0.464 e. The van der Waals surface area contributed by atoms with Gasteiger partial charge in [0.25, 0.3) is 0 Å². The zero-order valence-electron chi connectivity index (χ0n) is 5.92. The molecule has 4 nitrogen and oxygen atoms in total. The van der Waals surface area contributed by atoms with Crippen LogP contribution < -0.4 is 0 Å². The van der Waals surface area contributed by atoms with Gasteiger partial charge in [0.15, 0.2) is 5.69 Å². The van der Waals surface area contributed by atoms with Crippen molar-refractivity contribution in [2.24, 2.45) is 0 Å². The third-order valence-electron chi connectivity index (χ3n) is 1.16. The van der Waals surface area contributed by atoms with Crippen molar-refractivity contribution in [2.45, 2.75) is 0 Å². The maximum Gasteiger partial charge on any atom is 0.359 e. The van der Waals surface area contributed by atoms with Gasteiger partial charge in [0.1, 0.15) is 5.69 Å². The van der Waals surface area contributed by atoms with Gasteiger partial charge in [0.2, 0.25) is 0 Å². The van der Waals surface area contributed by atoms with Crippen LogP contribution in [0.2, 0.25) is 0 Å². The Morgan fingerprint density at radius 3 is 3.18 bits per heavy atom. The molecule has 1 heterocycles. The molecule has 0 radical (unpaired) electrons. The molecule has 0 bridgehead atoms. The Bertz CT molecular complexity index is 308. The first kappa shape index (κ1) is 7.35. The summed E-state index contributed by atoms with van der Waals surface area (Å²) in [4.78, 5) is 17.2. The number of aromatic nitrogens is 2. The molecular formula is C7H6N2O2. The molecule has 0 aliphatic heterocycles. The number of carbonyl (C=O) groups is 1. The molecular weight excluding hydrogens is 144 g/mol. The number of imidazole rings is 1. The van der Waals surface area contributed by atoms with Gasteiger partial charge in [0.05, 0.1) is 13.4 Å². The molecule has 0 spiro atoms. The Labute approximate surface area is 63.6 Å². The summed E-state index contributed by atoms with van der Waals surface area (Å²) in [5.41, 5.74) is 0.492. The number of rotatable bonds is 1. The molecule has 0 unspecified atom stereocenters. The lowest BCUT2D eigenvalue weighted by Gasteiger charge is -1.92. The summed E-state index contributed by atoms with van der Waals surface area (Å²) in [6, 6.07) is 0. The summed E-state index contributed by atoms with van der Waals surface area (Å²) >= 11 is 0. The van der Waals surface area contributed by atoms with Gasteiger partial charge >= 0.3 is 5.97 Å². The van der Waals surface area contributed by atoms with E-state index in [0.29, 0.717) is 5.69 Å². The van der Waals surface area contributed by atoms with Crippen LogP contribution >= 0.6 is 0 Å². The highest BCUT2D eigenvalue weighted by molar-refractivity contribution is 5.89. The number of terminal acetylenes is 1. The number of aromatic amines is 1. The number of nitrogens with one attached hydrogen (secondary N) is 1.